The maximum atomic E-state index is 12.1. The van der Waals surface area contributed by atoms with E-state index in [1.54, 1.807) is 25.2 Å². The van der Waals surface area contributed by atoms with Crippen LogP contribution in [-0.2, 0) is 15.6 Å². The maximum absolute atomic E-state index is 12.1. The van der Waals surface area contributed by atoms with E-state index in [2.05, 4.69) is 0 Å². The van der Waals surface area contributed by atoms with Gasteiger partial charge in [-0.3, -0.25) is 9.00 Å². The minimum Gasteiger partial charge on any atom is -0.344 e. The standard InChI is InChI=1S/C12H12Cl2N2O2S/c1-16(7-3-6-15)11(17)8-19(18)12-9(13)4-2-5-10(12)14/h2,4-5H,3,7-8H2,1H3. The number of hydrogen-bond donors (Lipinski definition) is 0. The molecule has 0 heterocycles. The molecule has 1 aromatic carbocycles. The molecule has 0 saturated heterocycles. The van der Waals surface area contributed by atoms with Crippen molar-refractivity contribution in [3.05, 3.63) is 28.2 Å². The highest BCUT2D eigenvalue weighted by Crippen LogP contribution is 2.27. The summed E-state index contributed by atoms with van der Waals surface area (Å²) in [7, 11) is -0.0402. The summed E-state index contributed by atoms with van der Waals surface area (Å²) < 4.78 is 12.1. The van der Waals surface area contributed by atoms with Gasteiger partial charge in [0.1, 0.15) is 5.75 Å². The summed E-state index contributed by atoms with van der Waals surface area (Å²) in [6.45, 7) is 0.308. The molecule has 0 bridgehead atoms. The second-order valence-corrected chi connectivity index (χ2v) is 5.97. The average Bonchev–Trinajstić information content (AvgIpc) is 2.35. The Kier molecular flexibility index (Phi) is 6.29. The van der Waals surface area contributed by atoms with Crippen molar-refractivity contribution in [1.82, 2.24) is 4.90 Å². The quantitative estimate of drug-likeness (QED) is 0.837. The molecule has 1 rings (SSSR count). The van der Waals surface area contributed by atoms with Crippen LogP contribution in [0.2, 0.25) is 10.0 Å². The summed E-state index contributed by atoms with van der Waals surface area (Å²) >= 11 is 11.9. The minimum absolute atomic E-state index is 0.203. The molecule has 7 heteroatoms. The summed E-state index contributed by atoms with van der Waals surface area (Å²) in [6, 6.07) is 6.74. The highest BCUT2D eigenvalue weighted by molar-refractivity contribution is 7.86. The number of hydrogen-bond acceptors (Lipinski definition) is 3. The monoisotopic (exact) mass is 318 g/mol. The number of amides is 1. The topological polar surface area (TPSA) is 61.2 Å². The van der Waals surface area contributed by atoms with Crippen LogP contribution in [0.4, 0.5) is 0 Å². The molecular weight excluding hydrogens is 307 g/mol. The highest BCUT2D eigenvalue weighted by Gasteiger charge is 2.18. The predicted octanol–water partition coefficient (Wildman–Crippen LogP) is 2.47. The number of nitrogens with zero attached hydrogens (tertiary/aromatic N) is 2. The van der Waals surface area contributed by atoms with Crippen molar-refractivity contribution >= 4 is 39.9 Å². The Hall–Kier alpha value is -1.09. The van der Waals surface area contributed by atoms with Gasteiger partial charge in [0.05, 0.1) is 38.2 Å². The van der Waals surface area contributed by atoms with Gasteiger partial charge in [-0.05, 0) is 12.1 Å². The number of rotatable bonds is 5. The van der Waals surface area contributed by atoms with Crippen LogP contribution in [0.15, 0.2) is 23.1 Å². The molecule has 0 fully saturated rings. The second-order valence-electron chi connectivity index (χ2n) is 3.76. The molecule has 0 spiro atoms. The summed E-state index contributed by atoms with van der Waals surface area (Å²) in [5.41, 5.74) is 0. The number of nitriles is 1. The van der Waals surface area contributed by atoms with Gasteiger partial charge < -0.3 is 4.90 Å². The Labute approximate surface area is 124 Å². The van der Waals surface area contributed by atoms with Crippen LogP contribution in [0, 0.1) is 11.3 Å². The van der Waals surface area contributed by atoms with Crippen LogP contribution < -0.4 is 0 Å². The van der Waals surface area contributed by atoms with E-state index in [0.29, 0.717) is 6.54 Å². The molecule has 0 aliphatic rings. The van der Waals surface area contributed by atoms with Crippen LogP contribution in [-0.4, -0.2) is 34.4 Å². The third-order valence-electron chi connectivity index (χ3n) is 2.39. The van der Waals surface area contributed by atoms with Gasteiger partial charge in [0.2, 0.25) is 5.91 Å². The Balaban J connectivity index is 2.75. The summed E-state index contributed by atoms with van der Waals surface area (Å²) in [4.78, 5) is 13.4. The van der Waals surface area contributed by atoms with E-state index >= 15 is 0 Å². The van der Waals surface area contributed by atoms with Crippen LogP contribution >= 0.6 is 23.2 Å². The molecule has 19 heavy (non-hydrogen) atoms. The van der Waals surface area contributed by atoms with Crippen LogP contribution in [0.25, 0.3) is 0 Å². The molecule has 1 amide bonds. The van der Waals surface area contributed by atoms with E-state index < -0.39 is 10.8 Å². The highest BCUT2D eigenvalue weighted by atomic mass is 35.5. The molecule has 0 saturated carbocycles. The largest absolute Gasteiger partial charge is 0.344 e. The van der Waals surface area contributed by atoms with Gasteiger partial charge in [-0.15, -0.1) is 0 Å². The first-order valence-electron chi connectivity index (χ1n) is 5.40. The lowest BCUT2D eigenvalue weighted by atomic mass is 10.4. The SMILES string of the molecule is CN(CCC#N)C(=O)CS(=O)c1c(Cl)cccc1Cl. The fourth-order valence-corrected chi connectivity index (χ4v) is 3.41. The van der Waals surface area contributed by atoms with E-state index in [4.69, 9.17) is 28.5 Å². The number of carbonyl (C=O) groups is 1. The number of carbonyl (C=O) groups excluding carboxylic acids is 1. The third kappa shape index (κ3) is 4.50. The maximum Gasteiger partial charge on any atom is 0.235 e. The Morgan fingerprint density at radius 1 is 1.42 bits per heavy atom. The first kappa shape index (κ1) is 16.0. The molecule has 1 unspecified atom stereocenters. The fraction of sp³-hybridized carbons (Fsp3) is 0.333. The van der Waals surface area contributed by atoms with E-state index in [1.807, 2.05) is 6.07 Å². The minimum atomic E-state index is -1.60. The van der Waals surface area contributed by atoms with E-state index in [0.717, 1.165) is 0 Å². The molecule has 0 aliphatic heterocycles. The van der Waals surface area contributed by atoms with Gasteiger partial charge in [0, 0.05) is 13.6 Å². The lowest BCUT2D eigenvalue weighted by molar-refractivity contribution is -0.127. The summed E-state index contributed by atoms with van der Waals surface area (Å²) in [5, 5.41) is 9.00. The van der Waals surface area contributed by atoms with Crippen molar-refractivity contribution in [2.24, 2.45) is 0 Å². The Morgan fingerprint density at radius 2 is 2.00 bits per heavy atom. The van der Waals surface area contributed by atoms with E-state index in [1.165, 1.54) is 4.90 Å². The van der Waals surface area contributed by atoms with Crippen molar-refractivity contribution < 1.29 is 9.00 Å². The van der Waals surface area contributed by atoms with Crippen LogP contribution in [0.5, 0.6) is 0 Å². The smallest absolute Gasteiger partial charge is 0.235 e. The number of halogens is 2. The van der Waals surface area contributed by atoms with Gasteiger partial charge in [-0.25, -0.2) is 0 Å². The Bertz CT molecular complexity index is 523. The van der Waals surface area contributed by atoms with Gasteiger partial charge in [-0.2, -0.15) is 5.26 Å². The predicted molar refractivity (Wildman–Crippen MR) is 75.6 cm³/mol. The fourth-order valence-electron chi connectivity index (χ4n) is 1.34. The Morgan fingerprint density at radius 3 is 2.53 bits per heavy atom. The molecule has 0 radical (unpaired) electrons. The molecule has 4 nitrogen and oxygen atoms in total. The zero-order valence-corrected chi connectivity index (χ0v) is 12.6. The lowest BCUT2D eigenvalue weighted by Crippen LogP contribution is -2.31. The zero-order valence-electron chi connectivity index (χ0n) is 10.2. The first-order chi connectivity index (χ1) is 8.97. The molecule has 0 aliphatic carbocycles. The van der Waals surface area contributed by atoms with Crippen molar-refractivity contribution in [2.75, 3.05) is 19.3 Å². The first-order valence-corrected chi connectivity index (χ1v) is 7.48. The van der Waals surface area contributed by atoms with Gasteiger partial charge >= 0.3 is 0 Å². The van der Waals surface area contributed by atoms with Gasteiger partial charge in [0.15, 0.2) is 0 Å². The van der Waals surface area contributed by atoms with Crippen LogP contribution in [0.3, 0.4) is 0 Å². The molecule has 1 atom stereocenters. The van der Waals surface area contributed by atoms with Gasteiger partial charge in [-0.1, -0.05) is 29.3 Å². The summed E-state index contributed by atoms with van der Waals surface area (Å²) in [5.74, 6) is -0.518. The van der Waals surface area contributed by atoms with E-state index in [-0.39, 0.29) is 33.0 Å². The molecule has 0 N–H and O–H groups in total. The lowest BCUT2D eigenvalue weighted by Gasteiger charge is -2.15. The normalized spacial score (nSPS) is 11.7. The van der Waals surface area contributed by atoms with E-state index in [9.17, 15) is 9.00 Å². The molecular formula is C12H12Cl2N2O2S. The van der Waals surface area contributed by atoms with Gasteiger partial charge in [0.25, 0.3) is 0 Å². The molecule has 0 aromatic heterocycles. The molecule has 102 valence electrons. The van der Waals surface area contributed by atoms with Crippen molar-refractivity contribution in [3.63, 3.8) is 0 Å². The third-order valence-corrected chi connectivity index (χ3v) is 4.64. The zero-order chi connectivity index (χ0) is 14.4. The van der Waals surface area contributed by atoms with Crippen LogP contribution in [0.1, 0.15) is 6.42 Å². The average molecular weight is 319 g/mol. The van der Waals surface area contributed by atoms with Crippen molar-refractivity contribution in [2.45, 2.75) is 11.3 Å². The van der Waals surface area contributed by atoms with Crippen molar-refractivity contribution in [3.8, 4) is 6.07 Å². The number of benzene rings is 1. The second kappa shape index (κ2) is 7.49. The molecule has 1 aromatic rings. The van der Waals surface area contributed by atoms with Crippen molar-refractivity contribution in [1.29, 1.82) is 5.26 Å². The summed E-state index contributed by atoms with van der Waals surface area (Å²) in [6.07, 6.45) is 0.238.